The molecule has 3 heterocycles. The Balaban J connectivity index is 1.37. The number of carbonyl (C=O) groups is 8. The molecule has 270 valence electrons. The van der Waals surface area contributed by atoms with E-state index >= 15 is 0 Å². The molecule has 0 radical (unpaired) electrons. The number of amides is 4. The number of hydrogen-bond donors (Lipinski definition) is 4. The van der Waals surface area contributed by atoms with Gasteiger partial charge >= 0.3 is 23.9 Å². The van der Waals surface area contributed by atoms with E-state index in [1.54, 1.807) is 52.9 Å². The van der Waals surface area contributed by atoms with Gasteiger partial charge in [0.05, 0.1) is 18.9 Å². The molecule has 1 atom stereocenters. The van der Waals surface area contributed by atoms with Gasteiger partial charge in [-0.25, -0.2) is 9.78 Å². The zero-order valence-corrected chi connectivity index (χ0v) is 27.4. The highest BCUT2D eigenvalue weighted by atomic mass is 32.1. The van der Waals surface area contributed by atoms with Gasteiger partial charge in [0.15, 0.2) is 32.2 Å². The number of hydrogen-bond acceptors (Lipinski definition) is 16. The van der Waals surface area contributed by atoms with Gasteiger partial charge < -0.3 is 45.0 Å². The van der Waals surface area contributed by atoms with Crippen LogP contribution in [-0.4, -0.2) is 114 Å². The predicted octanol–water partition coefficient (Wildman–Crippen LogP) is -2.26. The maximum Gasteiger partial charge on any atom is 0.329 e. The van der Waals surface area contributed by atoms with Crippen LogP contribution < -0.4 is 26.0 Å². The molecular formula is C30H31N7O13S. The summed E-state index contributed by atoms with van der Waals surface area (Å²) in [6.07, 6.45) is 4.77. The van der Waals surface area contributed by atoms with Gasteiger partial charge in [0.2, 0.25) is 0 Å². The highest BCUT2D eigenvalue weighted by Gasteiger charge is 2.25. The van der Waals surface area contributed by atoms with Crippen molar-refractivity contribution in [3.8, 4) is 10.9 Å². The first kappa shape index (κ1) is 37.4. The molecular weight excluding hydrogens is 698 g/mol. The summed E-state index contributed by atoms with van der Waals surface area (Å²) in [6, 6.07) is 5.61. The first-order valence-corrected chi connectivity index (χ1v) is 15.8. The summed E-state index contributed by atoms with van der Waals surface area (Å²) >= 11 is 1.34. The van der Waals surface area contributed by atoms with E-state index in [9.17, 15) is 38.4 Å². The molecule has 51 heavy (non-hydrogen) atoms. The van der Waals surface area contributed by atoms with Gasteiger partial charge in [0, 0.05) is 18.0 Å². The molecule has 2 aromatic heterocycles. The Morgan fingerprint density at radius 2 is 1.25 bits per heavy atom. The number of esters is 4. The average molecular weight is 730 g/mol. The molecule has 0 bridgehead atoms. The molecule has 1 aliphatic heterocycles. The highest BCUT2D eigenvalue weighted by Crippen LogP contribution is 2.22. The summed E-state index contributed by atoms with van der Waals surface area (Å²) in [7, 11) is 0. The van der Waals surface area contributed by atoms with Gasteiger partial charge in [-0.1, -0.05) is 35.6 Å². The van der Waals surface area contributed by atoms with Crippen LogP contribution in [0.1, 0.15) is 11.1 Å². The fourth-order valence-corrected chi connectivity index (χ4v) is 4.48. The Bertz CT molecular complexity index is 1730. The SMILES string of the molecule is O=C1COC(=O)CNC(=O)COC(=O)C(Cc2ccc(Cn3cc(Oc4nccs4)cn3)cc2)NC(=O)COC(=O)CNC(=O)COC(=O)CN1. The van der Waals surface area contributed by atoms with E-state index in [4.69, 9.17) is 14.2 Å². The second kappa shape index (κ2) is 19.0. The number of benzene rings is 1. The van der Waals surface area contributed by atoms with Crippen LogP contribution in [-0.2, 0) is 70.3 Å². The average Bonchev–Trinajstić information content (AvgIpc) is 3.80. The monoisotopic (exact) mass is 729 g/mol. The zero-order valence-electron chi connectivity index (χ0n) is 26.6. The molecule has 4 N–H and O–H groups in total. The third-order valence-electron chi connectivity index (χ3n) is 6.38. The topological polar surface area (TPSA) is 262 Å². The van der Waals surface area contributed by atoms with Gasteiger partial charge in [0.1, 0.15) is 25.7 Å². The molecule has 4 rings (SSSR count). The van der Waals surface area contributed by atoms with Crippen LogP contribution in [0.15, 0.2) is 48.2 Å². The van der Waals surface area contributed by atoms with E-state index in [1.807, 2.05) is 0 Å². The van der Waals surface area contributed by atoms with Crippen LogP contribution in [0.4, 0.5) is 0 Å². The number of carbonyl (C=O) groups excluding carboxylic acids is 8. The van der Waals surface area contributed by atoms with Crippen LogP contribution in [0.25, 0.3) is 0 Å². The molecule has 1 unspecified atom stereocenters. The number of cyclic esters (lactones) is 4. The van der Waals surface area contributed by atoms with Crippen molar-refractivity contribution in [2.45, 2.75) is 19.0 Å². The minimum absolute atomic E-state index is 0.100. The normalized spacial score (nSPS) is 18.0. The first-order valence-electron chi connectivity index (χ1n) is 14.9. The predicted molar refractivity (Wildman–Crippen MR) is 168 cm³/mol. The molecule has 1 aliphatic rings. The van der Waals surface area contributed by atoms with Crippen LogP contribution in [0.3, 0.4) is 0 Å². The van der Waals surface area contributed by atoms with E-state index < -0.39 is 99.6 Å². The lowest BCUT2D eigenvalue weighted by atomic mass is 10.0. The Hall–Kier alpha value is -6.38. The summed E-state index contributed by atoms with van der Waals surface area (Å²) < 4.78 is 26.5. The van der Waals surface area contributed by atoms with Crippen molar-refractivity contribution in [2.75, 3.05) is 46.1 Å². The summed E-state index contributed by atoms with van der Waals surface area (Å²) in [4.78, 5) is 101. The summed E-state index contributed by atoms with van der Waals surface area (Å²) in [5, 5.41) is 15.3. The molecule has 1 aromatic carbocycles. The van der Waals surface area contributed by atoms with E-state index in [2.05, 4.69) is 40.8 Å². The third-order valence-corrected chi connectivity index (χ3v) is 7.03. The van der Waals surface area contributed by atoms with Crippen molar-refractivity contribution in [3.05, 3.63) is 59.4 Å². The molecule has 0 saturated carbocycles. The number of ether oxygens (including phenoxy) is 5. The highest BCUT2D eigenvalue weighted by molar-refractivity contribution is 7.11. The Kier molecular flexibility index (Phi) is 13.9. The summed E-state index contributed by atoms with van der Waals surface area (Å²) in [5.74, 6) is -7.12. The molecule has 20 nitrogen and oxygen atoms in total. The lowest BCUT2D eigenvalue weighted by Crippen LogP contribution is -2.46. The smallest absolute Gasteiger partial charge is 0.329 e. The number of rotatable bonds is 6. The van der Waals surface area contributed by atoms with Crippen molar-refractivity contribution in [1.82, 2.24) is 36.0 Å². The number of thiazole rings is 1. The summed E-state index contributed by atoms with van der Waals surface area (Å²) in [5.41, 5.74) is 1.43. The lowest BCUT2D eigenvalue weighted by Gasteiger charge is -2.18. The molecule has 0 aliphatic carbocycles. The van der Waals surface area contributed by atoms with Gasteiger partial charge in [0.25, 0.3) is 28.8 Å². The molecule has 1 saturated heterocycles. The third kappa shape index (κ3) is 13.6. The minimum Gasteiger partial charge on any atom is -0.454 e. The second-order valence-corrected chi connectivity index (χ2v) is 11.2. The van der Waals surface area contributed by atoms with Gasteiger partial charge in [-0.15, -0.1) is 0 Å². The fourth-order valence-electron chi connectivity index (χ4n) is 3.97. The fraction of sp³-hybridized carbons (Fsp3) is 0.333. The number of nitrogens with zero attached hydrogens (tertiary/aromatic N) is 3. The van der Waals surface area contributed by atoms with Crippen molar-refractivity contribution >= 4 is 58.8 Å². The van der Waals surface area contributed by atoms with Gasteiger partial charge in [-0.2, -0.15) is 5.10 Å². The number of nitrogens with one attached hydrogen (secondary N) is 4. The first-order chi connectivity index (χ1) is 24.5. The van der Waals surface area contributed by atoms with Crippen LogP contribution in [0.2, 0.25) is 0 Å². The Morgan fingerprint density at radius 3 is 1.80 bits per heavy atom. The van der Waals surface area contributed by atoms with Crippen molar-refractivity contribution < 1.29 is 62.0 Å². The maximum atomic E-state index is 13.0. The van der Waals surface area contributed by atoms with E-state index in [0.29, 0.717) is 23.1 Å². The van der Waals surface area contributed by atoms with E-state index in [1.165, 1.54) is 11.3 Å². The molecule has 3 aromatic rings. The van der Waals surface area contributed by atoms with Crippen molar-refractivity contribution in [2.24, 2.45) is 0 Å². The largest absolute Gasteiger partial charge is 0.454 e. The quantitative estimate of drug-likeness (QED) is 0.154. The van der Waals surface area contributed by atoms with Crippen molar-refractivity contribution in [3.63, 3.8) is 0 Å². The molecule has 0 spiro atoms. The number of aromatic nitrogens is 3. The van der Waals surface area contributed by atoms with Gasteiger partial charge in [-0.3, -0.25) is 38.2 Å². The van der Waals surface area contributed by atoms with E-state index in [0.717, 1.165) is 5.56 Å². The molecule has 4 amide bonds. The van der Waals surface area contributed by atoms with Crippen LogP contribution in [0.5, 0.6) is 10.9 Å². The van der Waals surface area contributed by atoms with Gasteiger partial charge in [-0.05, 0) is 11.1 Å². The molecule has 1 fully saturated rings. The van der Waals surface area contributed by atoms with Crippen molar-refractivity contribution in [1.29, 1.82) is 0 Å². The maximum absolute atomic E-state index is 13.0. The Labute approximate surface area is 292 Å². The van der Waals surface area contributed by atoms with Crippen LogP contribution >= 0.6 is 11.3 Å². The Morgan fingerprint density at radius 1 is 0.725 bits per heavy atom. The lowest BCUT2D eigenvalue weighted by molar-refractivity contribution is -0.154. The minimum atomic E-state index is -1.35. The standard InChI is InChI=1S/C30H31N7O13S/c38-22-14-47-27(43)10-34-24(40)16-49-29(45)21(36-25(41)17-48-28(44)11-33-23(39)15-46-26(42)9-32-22)7-18-1-3-19(4-2-18)12-37-13-20(8-35-37)50-30-31-5-6-51-30/h1-6,8,13,21H,7,9-12,14-17H2,(H,32,38)(H,33,39)(H,34,40)(H,36,41). The van der Waals surface area contributed by atoms with E-state index in [-0.39, 0.29) is 6.42 Å². The zero-order chi connectivity index (χ0) is 36.6. The second-order valence-electron chi connectivity index (χ2n) is 10.3. The molecule has 21 heteroatoms. The van der Waals surface area contributed by atoms with Crippen LogP contribution in [0, 0.1) is 0 Å². The summed E-state index contributed by atoms with van der Waals surface area (Å²) in [6.45, 7) is -4.91.